The van der Waals surface area contributed by atoms with Crippen LogP contribution in [0.25, 0.3) is 0 Å². The molecule has 0 N–H and O–H groups in total. The van der Waals surface area contributed by atoms with Crippen LogP contribution in [0.2, 0.25) is 0 Å². The van der Waals surface area contributed by atoms with E-state index in [0.29, 0.717) is 31.0 Å². The highest BCUT2D eigenvalue weighted by Crippen LogP contribution is 2.03. The summed E-state index contributed by atoms with van der Waals surface area (Å²) in [6.45, 7) is 6.49. The van der Waals surface area contributed by atoms with Crippen LogP contribution >= 0.6 is 0 Å². The average molecular weight is 214 g/mol. The highest BCUT2D eigenvalue weighted by molar-refractivity contribution is 5.88. The number of allylic oxidation sites excluding steroid dienone is 1. The van der Waals surface area contributed by atoms with E-state index in [-0.39, 0.29) is 6.61 Å². The molecule has 15 heavy (non-hydrogen) atoms. The lowest BCUT2D eigenvalue weighted by molar-refractivity contribution is -0.141. The zero-order valence-electron chi connectivity index (χ0n) is 9.49. The Morgan fingerprint density at radius 3 is 2.53 bits per heavy atom. The summed E-state index contributed by atoms with van der Waals surface area (Å²) >= 11 is 0. The Bertz CT molecular complexity index is 231. The fourth-order valence-corrected chi connectivity index (χ4v) is 0.906. The summed E-state index contributed by atoms with van der Waals surface area (Å²) in [4.78, 5) is 21.5. The van der Waals surface area contributed by atoms with Crippen LogP contribution in [0.1, 0.15) is 27.2 Å². The molecule has 4 nitrogen and oxygen atoms in total. The van der Waals surface area contributed by atoms with Gasteiger partial charge in [0.25, 0.3) is 6.47 Å². The fourth-order valence-electron chi connectivity index (χ4n) is 0.906. The van der Waals surface area contributed by atoms with E-state index in [1.807, 2.05) is 20.8 Å². The van der Waals surface area contributed by atoms with Crippen molar-refractivity contribution >= 4 is 12.4 Å². The maximum absolute atomic E-state index is 11.5. The summed E-state index contributed by atoms with van der Waals surface area (Å²) in [6, 6.07) is 0. The molecule has 0 spiro atoms. The van der Waals surface area contributed by atoms with Gasteiger partial charge in [-0.25, -0.2) is 4.79 Å². The van der Waals surface area contributed by atoms with E-state index in [9.17, 15) is 9.59 Å². The molecule has 0 aliphatic rings. The van der Waals surface area contributed by atoms with Crippen molar-refractivity contribution in [2.24, 2.45) is 5.92 Å². The third-order valence-corrected chi connectivity index (χ3v) is 1.57. The first-order valence-electron chi connectivity index (χ1n) is 5.03. The summed E-state index contributed by atoms with van der Waals surface area (Å²) in [5.74, 6) is -0.115. The maximum atomic E-state index is 11.5. The molecule has 0 unspecified atom stereocenters. The predicted octanol–water partition coefficient (Wildman–Crippen LogP) is 1.70. The first-order chi connectivity index (χ1) is 7.11. The molecule has 0 aromatic carbocycles. The minimum atomic E-state index is -0.410. The summed E-state index contributed by atoms with van der Waals surface area (Å²) in [5.41, 5.74) is 0.394. The molecule has 0 rings (SSSR count). The van der Waals surface area contributed by atoms with Gasteiger partial charge in [-0.1, -0.05) is 26.8 Å². The van der Waals surface area contributed by atoms with Gasteiger partial charge in [-0.05, 0) is 12.3 Å². The summed E-state index contributed by atoms with van der Waals surface area (Å²) in [7, 11) is 0. The molecule has 0 saturated heterocycles. The minimum absolute atomic E-state index is 0.0196. The summed E-state index contributed by atoms with van der Waals surface area (Å²) in [6.07, 6.45) is 2.40. The normalized spacial score (nSPS) is 11.3. The third-order valence-electron chi connectivity index (χ3n) is 1.57. The number of carbonyl (C=O) groups is 2. The molecule has 0 aliphatic heterocycles. The van der Waals surface area contributed by atoms with Crippen LogP contribution in [0.5, 0.6) is 0 Å². The summed E-state index contributed by atoms with van der Waals surface area (Å²) in [5, 5.41) is 0. The van der Waals surface area contributed by atoms with Gasteiger partial charge in [0.15, 0.2) is 0 Å². The lowest BCUT2D eigenvalue weighted by Gasteiger charge is -2.09. The zero-order valence-corrected chi connectivity index (χ0v) is 9.49. The monoisotopic (exact) mass is 214 g/mol. The minimum Gasteiger partial charge on any atom is -0.463 e. The molecular weight excluding hydrogens is 196 g/mol. The van der Waals surface area contributed by atoms with Gasteiger partial charge >= 0.3 is 5.97 Å². The van der Waals surface area contributed by atoms with Gasteiger partial charge in [-0.15, -0.1) is 0 Å². The molecule has 0 fully saturated rings. The molecule has 0 atom stereocenters. The molecule has 0 amide bonds. The van der Waals surface area contributed by atoms with E-state index in [0.717, 1.165) is 0 Å². The van der Waals surface area contributed by atoms with E-state index in [1.54, 1.807) is 6.08 Å². The van der Waals surface area contributed by atoms with Crippen molar-refractivity contribution < 1.29 is 19.1 Å². The number of carbonyl (C=O) groups excluding carboxylic acids is 2. The predicted molar refractivity (Wildman–Crippen MR) is 56.2 cm³/mol. The average Bonchev–Trinajstić information content (AvgIpc) is 2.20. The van der Waals surface area contributed by atoms with Crippen LogP contribution in [0.15, 0.2) is 11.6 Å². The van der Waals surface area contributed by atoms with Crippen molar-refractivity contribution in [3.05, 3.63) is 11.6 Å². The van der Waals surface area contributed by atoms with Crippen LogP contribution in [-0.4, -0.2) is 25.7 Å². The van der Waals surface area contributed by atoms with E-state index in [1.165, 1.54) is 0 Å². The largest absolute Gasteiger partial charge is 0.463 e. The highest BCUT2D eigenvalue weighted by atomic mass is 16.5. The maximum Gasteiger partial charge on any atom is 0.337 e. The zero-order chi connectivity index (χ0) is 11.7. The topological polar surface area (TPSA) is 52.6 Å². The number of hydrogen-bond acceptors (Lipinski definition) is 4. The molecule has 4 heteroatoms. The Kier molecular flexibility index (Phi) is 7.32. The first kappa shape index (κ1) is 13.7. The highest BCUT2D eigenvalue weighted by Gasteiger charge is 2.11. The van der Waals surface area contributed by atoms with E-state index in [2.05, 4.69) is 4.74 Å². The first-order valence-corrected chi connectivity index (χ1v) is 5.03. The second kappa shape index (κ2) is 8.03. The van der Waals surface area contributed by atoms with Crippen LogP contribution in [0.4, 0.5) is 0 Å². The van der Waals surface area contributed by atoms with Crippen molar-refractivity contribution in [2.45, 2.75) is 27.2 Å². The van der Waals surface area contributed by atoms with Gasteiger partial charge in [-0.3, -0.25) is 4.79 Å². The number of ether oxygens (including phenoxy) is 2. The van der Waals surface area contributed by atoms with Crippen LogP contribution in [-0.2, 0) is 19.1 Å². The molecule has 0 radical (unpaired) electrons. The molecule has 0 aromatic heterocycles. The SMILES string of the molecule is CCC=C(COC=O)C(=O)OCC(C)C. The van der Waals surface area contributed by atoms with Crippen LogP contribution in [0, 0.1) is 5.92 Å². The molecule has 0 aliphatic carbocycles. The second-order valence-electron chi connectivity index (χ2n) is 3.54. The van der Waals surface area contributed by atoms with Crippen LogP contribution < -0.4 is 0 Å². The van der Waals surface area contributed by atoms with Gasteiger partial charge in [0, 0.05) is 0 Å². The van der Waals surface area contributed by atoms with Gasteiger partial charge in [0.05, 0.1) is 12.2 Å². The molecule has 0 saturated carbocycles. The van der Waals surface area contributed by atoms with E-state index >= 15 is 0 Å². The van der Waals surface area contributed by atoms with Crippen molar-refractivity contribution in [1.82, 2.24) is 0 Å². The standard InChI is InChI=1S/C11H18O4/c1-4-5-10(7-14-8-12)11(13)15-6-9(2)3/h5,8-9H,4,6-7H2,1-3H3. The Balaban J connectivity index is 4.17. The summed E-state index contributed by atoms with van der Waals surface area (Å²) < 4.78 is 9.54. The lowest BCUT2D eigenvalue weighted by atomic mass is 10.2. The molecule has 0 heterocycles. The number of rotatable bonds is 7. The number of esters is 1. The Morgan fingerprint density at radius 1 is 1.40 bits per heavy atom. The van der Waals surface area contributed by atoms with Crippen molar-refractivity contribution in [2.75, 3.05) is 13.2 Å². The lowest BCUT2D eigenvalue weighted by Crippen LogP contribution is -2.15. The van der Waals surface area contributed by atoms with E-state index < -0.39 is 5.97 Å². The third kappa shape index (κ3) is 6.71. The van der Waals surface area contributed by atoms with Gasteiger partial charge in [0.1, 0.15) is 6.61 Å². The Morgan fingerprint density at radius 2 is 2.07 bits per heavy atom. The Hall–Kier alpha value is -1.32. The fraction of sp³-hybridized carbons (Fsp3) is 0.636. The van der Waals surface area contributed by atoms with Gasteiger partial charge in [-0.2, -0.15) is 0 Å². The smallest absolute Gasteiger partial charge is 0.337 e. The molecule has 86 valence electrons. The molecular formula is C11H18O4. The molecule has 0 bridgehead atoms. The van der Waals surface area contributed by atoms with Crippen molar-refractivity contribution in [3.63, 3.8) is 0 Å². The second-order valence-corrected chi connectivity index (χ2v) is 3.54. The quantitative estimate of drug-likeness (QED) is 0.367. The van der Waals surface area contributed by atoms with Gasteiger partial charge in [0.2, 0.25) is 0 Å². The number of hydrogen-bond donors (Lipinski definition) is 0. The van der Waals surface area contributed by atoms with Crippen molar-refractivity contribution in [1.29, 1.82) is 0 Å². The van der Waals surface area contributed by atoms with Gasteiger partial charge < -0.3 is 9.47 Å². The molecule has 0 aromatic rings. The Labute approximate surface area is 90.2 Å². The van der Waals surface area contributed by atoms with Crippen molar-refractivity contribution in [3.8, 4) is 0 Å². The van der Waals surface area contributed by atoms with Crippen LogP contribution in [0.3, 0.4) is 0 Å². The van der Waals surface area contributed by atoms with E-state index in [4.69, 9.17) is 4.74 Å².